The van der Waals surface area contributed by atoms with Crippen LogP contribution in [0.15, 0.2) is 327 Å². The summed E-state index contributed by atoms with van der Waals surface area (Å²) in [6.07, 6.45) is 0. The van der Waals surface area contributed by atoms with E-state index in [9.17, 15) is 20.6 Å². The van der Waals surface area contributed by atoms with Crippen LogP contribution in [0.3, 0.4) is 0 Å². The van der Waals surface area contributed by atoms with E-state index in [1.165, 1.54) is 0 Å². The zero-order valence-electron chi connectivity index (χ0n) is 70.8. The van der Waals surface area contributed by atoms with Crippen LogP contribution in [0.25, 0.3) is 105 Å². The molecule has 0 saturated heterocycles. The fraction of sp³-hybridized carbons (Fsp3) is 0.0426. The molecule has 15 aromatic carbocycles. The van der Waals surface area contributed by atoms with E-state index in [4.69, 9.17) is 10.8 Å². The molecular formula is C94H63B2N3O2. The van der Waals surface area contributed by atoms with Crippen LogP contribution in [0, 0.1) is 0 Å². The van der Waals surface area contributed by atoms with Gasteiger partial charge in [-0.2, -0.15) is 0 Å². The van der Waals surface area contributed by atoms with Crippen LogP contribution in [0.1, 0.15) is 48.3 Å². The van der Waals surface area contributed by atoms with Gasteiger partial charge in [0.15, 0.2) is 0 Å². The maximum Gasteiger partial charge on any atom is 0.266 e. The van der Waals surface area contributed by atoms with Crippen molar-refractivity contribution in [2.45, 2.75) is 26.2 Å². The second-order valence-electron chi connectivity index (χ2n) is 27.2. The summed E-state index contributed by atoms with van der Waals surface area (Å²) in [5.74, 6) is 0.188. The maximum absolute atomic E-state index is 12.3. The minimum Gasteiger partial charge on any atom is -0.459 e. The number of anilines is 6. The third-order valence-electron chi connectivity index (χ3n) is 20.7. The Morgan fingerprint density at radius 2 is 0.812 bits per heavy atom. The molecule has 0 aliphatic carbocycles. The van der Waals surface area contributed by atoms with E-state index < -0.39 is 102 Å². The number of nitrogens with zero attached hydrogens (tertiary/aromatic N) is 3. The van der Waals surface area contributed by atoms with Gasteiger partial charge in [-0.05, 0) is 131 Å². The minimum atomic E-state index is -1.45. The lowest BCUT2D eigenvalue weighted by Crippen LogP contribution is -2.66. The lowest BCUT2D eigenvalue weighted by Gasteiger charge is -2.48. The minimum absolute atomic E-state index is 0.000722. The van der Waals surface area contributed by atoms with Crippen molar-refractivity contribution in [1.82, 2.24) is 4.57 Å². The van der Waals surface area contributed by atoms with Gasteiger partial charge in [0.25, 0.3) is 13.4 Å². The molecule has 5 aliphatic rings. The topological polar surface area (TPSA) is 29.9 Å². The SMILES string of the molecule is [2H]c1c([2H])c([2H])c(-c2c([2H])c([2H])c3c(c2[2H])N(c2c(-c4ccccc4)cccc2-c2ccccc2)c2cc(C(C)(C)C)cc4c2B3c2c3c5c(c([2H])c2N4c2c(-c4ccccc4)cccc2-c2ccccc2)-n2c4c([2H])c([2H])c([2H])c([2H])c4c4c([2H])c(-c6ccccc6)c6c(c42)B5c2c(c([2H])c([2H])c(-c4ccccc4)c2O6)O3)c([2H])c1[2H]. The number of rotatable bonds is 9. The second kappa shape index (κ2) is 22.0. The molecular weight excluding hydrogens is 1220 g/mol. The number of hydrogen-bond acceptors (Lipinski definition) is 4. The number of benzene rings is 15. The molecule has 6 heterocycles. The highest BCUT2D eigenvalue weighted by Gasteiger charge is 2.54. The van der Waals surface area contributed by atoms with E-state index in [0.717, 1.165) is 27.8 Å². The molecule has 0 amide bonds. The summed E-state index contributed by atoms with van der Waals surface area (Å²) in [4.78, 5) is 4.06. The van der Waals surface area contributed by atoms with Crippen molar-refractivity contribution in [3.8, 4) is 107 Å². The zero-order chi connectivity index (χ0) is 80.7. The lowest BCUT2D eigenvalue weighted by atomic mass is 9.29. The highest BCUT2D eigenvalue weighted by atomic mass is 16.5. The quantitative estimate of drug-likeness (QED) is 0.135. The number of aromatic nitrogens is 1. The van der Waals surface area contributed by atoms with Crippen molar-refractivity contribution in [3.63, 3.8) is 0 Å². The Balaban J connectivity index is 1.04. The van der Waals surface area contributed by atoms with E-state index in [0.29, 0.717) is 72.5 Å². The molecule has 5 nitrogen and oxygen atoms in total. The number of para-hydroxylation sites is 3. The number of ether oxygens (including phenoxy) is 2. The predicted molar refractivity (Wildman–Crippen MR) is 423 cm³/mol. The smallest absolute Gasteiger partial charge is 0.266 e. The van der Waals surface area contributed by atoms with Crippen molar-refractivity contribution >= 4 is 102 Å². The van der Waals surface area contributed by atoms with Crippen LogP contribution in [-0.2, 0) is 5.41 Å². The Kier molecular flexibility index (Phi) is 9.50. The van der Waals surface area contributed by atoms with Crippen molar-refractivity contribution < 1.29 is 31.4 Å². The van der Waals surface area contributed by atoms with Crippen molar-refractivity contribution in [3.05, 3.63) is 333 Å². The van der Waals surface area contributed by atoms with Gasteiger partial charge in [-0.15, -0.1) is 0 Å². The van der Waals surface area contributed by atoms with Crippen LogP contribution in [0.5, 0.6) is 23.0 Å². The Bertz CT molecular complexity index is 6990. The highest BCUT2D eigenvalue weighted by Crippen LogP contribution is 2.57. The van der Waals surface area contributed by atoms with Crippen LogP contribution < -0.4 is 52.1 Å². The highest BCUT2D eigenvalue weighted by molar-refractivity contribution is 7.04. The summed E-state index contributed by atoms with van der Waals surface area (Å²) in [6, 6.07) is 65.6. The summed E-state index contributed by atoms with van der Waals surface area (Å²) >= 11 is 0. The molecule has 0 spiro atoms. The van der Waals surface area contributed by atoms with Gasteiger partial charge in [0.1, 0.15) is 23.0 Å². The van der Waals surface area contributed by atoms with Gasteiger partial charge in [0.05, 0.1) is 44.3 Å². The van der Waals surface area contributed by atoms with Crippen LogP contribution >= 0.6 is 0 Å². The molecule has 16 aromatic rings. The van der Waals surface area contributed by atoms with Crippen LogP contribution in [-0.4, -0.2) is 18.0 Å². The van der Waals surface area contributed by atoms with Gasteiger partial charge >= 0.3 is 0 Å². The standard InChI is InChI=1S/C94H63B2N3O2/c1-94(2,3)66-54-78-83-79(55-66)99(89-69(61-35-17-7-18-36-61)46-28-47-70(89)62-37-19-8-20-38-62)80-57-81-85-93(84(80)95(83)75-51-49-65(58-29-11-4-12-30-58)53-77(75)98(78)88-67(59-31-13-5-14-32-59)44-27-45-68(88)60-33-15-6-16-34-60)100-82-52-50-71(63-39-21-9-22-40-63)91-86(82)96(85)87-90-74(72-43-25-26-48-76(72)97(81)90)56-73(92(87)101-91)64-41-23-10-24-42-64/h4-57H,1-3H3/i4D,11D,12D,25D,26D,29D,30D,43D,48D,49D,50D,51D,52D,53D,56D,57D. The average molecular weight is 1300 g/mol. The van der Waals surface area contributed by atoms with E-state index in [-0.39, 0.29) is 114 Å². The molecule has 0 N–H and O–H groups in total. The molecule has 5 aliphatic heterocycles. The first-order chi connectivity index (χ1) is 56.5. The van der Waals surface area contributed by atoms with E-state index in [1.807, 2.05) is 223 Å². The van der Waals surface area contributed by atoms with Gasteiger partial charge in [-0.1, -0.05) is 300 Å². The monoisotopic (exact) mass is 1300 g/mol. The molecule has 472 valence electrons. The van der Waals surface area contributed by atoms with Gasteiger partial charge in [0, 0.05) is 78.1 Å². The van der Waals surface area contributed by atoms with Crippen molar-refractivity contribution in [2.75, 3.05) is 9.80 Å². The third kappa shape index (κ3) is 8.47. The summed E-state index contributed by atoms with van der Waals surface area (Å²) in [5.41, 5.74) is 10.3. The van der Waals surface area contributed by atoms with Crippen LogP contribution in [0.2, 0.25) is 0 Å². The zero-order valence-corrected chi connectivity index (χ0v) is 54.8. The van der Waals surface area contributed by atoms with Crippen molar-refractivity contribution in [2.24, 2.45) is 0 Å². The Hall–Kier alpha value is -12.6. The Labute approximate surface area is 610 Å². The average Bonchev–Trinajstić information content (AvgIpc) is 1.51. The summed E-state index contributed by atoms with van der Waals surface area (Å²) < 4.78 is 182. The molecule has 0 bridgehead atoms. The van der Waals surface area contributed by atoms with Crippen LogP contribution in [0.4, 0.5) is 34.1 Å². The Morgan fingerprint density at radius 1 is 0.327 bits per heavy atom. The molecule has 7 heteroatoms. The van der Waals surface area contributed by atoms with Gasteiger partial charge in [0.2, 0.25) is 0 Å². The fourth-order valence-corrected chi connectivity index (χ4v) is 16.3. The molecule has 0 atom stereocenters. The maximum atomic E-state index is 12.3. The van der Waals surface area contributed by atoms with Gasteiger partial charge < -0.3 is 23.8 Å². The normalized spacial score (nSPS) is 15.4. The lowest BCUT2D eigenvalue weighted by molar-refractivity contribution is 0.468. The van der Waals surface area contributed by atoms with Gasteiger partial charge in [-0.25, -0.2) is 0 Å². The molecule has 101 heavy (non-hydrogen) atoms. The molecule has 0 radical (unpaired) electrons. The Morgan fingerprint density at radius 3 is 1.36 bits per heavy atom. The summed E-state index contributed by atoms with van der Waals surface area (Å²) in [7, 11) is 0. The van der Waals surface area contributed by atoms with Gasteiger partial charge in [-0.3, -0.25) is 0 Å². The number of hydrogen-bond donors (Lipinski definition) is 0. The summed E-state index contributed by atoms with van der Waals surface area (Å²) in [5, 5.41) is 0.138. The first-order valence-corrected chi connectivity index (χ1v) is 33.9. The third-order valence-corrected chi connectivity index (χ3v) is 20.7. The van der Waals surface area contributed by atoms with E-state index in [2.05, 4.69) is 37.8 Å². The first-order valence-electron chi connectivity index (χ1n) is 41.9. The summed E-state index contributed by atoms with van der Waals surface area (Å²) in [6.45, 7) is 3.63. The van der Waals surface area contributed by atoms with E-state index in [1.54, 1.807) is 4.57 Å². The largest absolute Gasteiger partial charge is 0.459 e. The molecule has 0 saturated carbocycles. The first kappa shape index (κ1) is 43.7. The molecule has 21 rings (SSSR count). The van der Waals surface area contributed by atoms with Crippen molar-refractivity contribution in [1.29, 1.82) is 0 Å². The fourth-order valence-electron chi connectivity index (χ4n) is 16.3. The molecule has 0 fully saturated rings. The predicted octanol–water partition coefficient (Wildman–Crippen LogP) is 20.9. The van der Waals surface area contributed by atoms with E-state index >= 15 is 0 Å². The molecule has 0 unspecified atom stereocenters. The number of fused-ring (bicyclic) bond motifs is 9. The second-order valence-corrected chi connectivity index (χ2v) is 27.2. The molecule has 1 aromatic heterocycles.